The predicted octanol–water partition coefficient (Wildman–Crippen LogP) is 5.88. The van der Waals surface area contributed by atoms with Crippen LogP contribution >= 0.6 is 23.2 Å². The second-order valence-electron chi connectivity index (χ2n) is 8.20. The maximum Gasteiger partial charge on any atom is 0.335 e. The fourth-order valence-electron chi connectivity index (χ4n) is 3.90. The zero-order valence-corrected chi connectivity index (χ0v) is 20.8. The molecule has 3 aromatic carbocycles. The van der Waals surface area contributed by atoms with Crippen LogP contribution in [0.25, 0.3) is 6.08 Å². The number of nitrogens with zero attached hydrogens (tertiary/aromatic N) is 1. The number of hydrogen-bond acceptors (Lipinski definition) is 4. The molecule has 1 saturated heterocycles. The van der Waals surface area contributed by atoms with E-state index in [0.29, 0.717) is 33.5 Å². The largest absolute Gasteiger partial charge is 0.496 e. The summed E-state index contributed by atoms with van der Waals surface area (Å²) < 4.78 is 5.55. The van der Waals surface area contributed by atoms with Crippen molar-refractivity contribution in [2.24, 2.45) is 0 Å². The normalized spacial score (nSPS) is 14.9. The molecule has 0 radical (unpaired) electrons. The van der Waals surface area contributed by atoms with E-state index < -0.39 is 17.8 Å². The Bertz CT molecular complexity index is 1400. The van der Waals surface area contributed by atoms with Gasteiger partial charge in [0.25, 0.3) is 11.8 Å². The molecule has 0 aromatic heterocycles. The highest BCUT2D eigenvalue weighted by Gasteiger charge is 2.37. The van der Waals surface area contributed by atoms with Gasteiger partial charge in [-0.05, 0) is 66.4 Å². The number of aryl methyl sites for hydroxylation is 2. The Morgan fingerprint density at radius 3 is 2.43 bits per heavy atom. The molecule has 4 rings (SSSR count). The second kappa shape index (κ2) is 9.94. The van der Waals surface area contributed by atoms with Gasteiger partial charge < -0.3 is 4.74 Å². The fourth-order valence-corrected chi connectivity index (χ4v) is 4.39. The van der Waals surface area contributed by atoms with Gasteiger partial charge in [-0.2, -0.15) is 0 Å². The number of rotatable bonds is 5. The average Bonchev–Trinajstić information content (AvgIpc) is 2.81. The zero-order chi connectivity index (χ0) is 25.3. The number of carbonyl (C=O) groups excluding carboxylic acids is 3. The minimum Gasteiger partial charge on any atom is -0.496 e. The summed E-state index contributed by atoms with van der Waals surface area (Å²) in [4.78, 5) is 39.4. The van der Waals surface area contributed by atoms with Crippen LogP contribution in [0.1, 0.15) is 27.8 Å². The number of ether oxygens (including phenoxy) is 1. The number of amides is 4. The maximum atomic E-state index is 13.3. The van der Waals surface area contributed by atoms with Crippen molar-refractivity contribution < 1.29 is 19.1 Å². The first-order valence-corrected chi connectivity index (χ1v) is 11.5. The third-order valence-corrected chi connectivity index (χ3v) is 6.45. The molecule has 1 aliphatic rings. The third kappa shape index (κ3) is 4.94. The lowest BCUT2D eigenvalue weighted by atomic mass is 10.00. The molecule has 0 saturated carbocycles. The highest BCUT2D eigenvalue weighted by molar-refractivity contribution is 6.39. The zero-order valence-electron chi connectivity index (χ0n) is 19.3. The molecule has 4 amide bonds. The summed E-state index contributed by atoms with van der Waals surface area (Å²) in [6, 6.07) is 15.4. The monoisotopic (exact) mass is 508 g/mol. The molecule has 178 valence electrons. The summed E-state index contributed by atoms with van der Waals surface area (Å²) in [5, 5.41) is 3.25. The van der Waals surface area contributed by atoms with Crippen LogP contribution in [0.5, 0.6) is 5.75 Å². The fraction of sp³-hybridized carbons (Fsp3) is 0.148. The average molecular weight is 509 g/mol. The molecule has 6 nitrogen and oxygen atoms in total. The van der Waals surface area contributed by atoms with Gasteiger partial charge in [0.05, 0.1) is 12.8 Å². The van der Waals surface area contributed by atoms with Gasteiger partial charge in [0.1, 0.15) is 11.3 Å². The lowest BCUT2D eigenvalue weighted by molar-refractivity contribution is -0.122. The Hall–Kier alpha value is -3.61. The van der Waals surface area contributed by atoms with Crippen LogP contribution < -0.4 is 15.0 Å². The summed E-state index contributed by atoms with van der Waals surface area (Å²) >= 11 is 12.9. The Balaban J connectivity index is 1.73. The molecule has 1 fully saturated rings. The Morgan fingerprint density at radius 1 is 0.971 bits per heavy atom. The van der Waals surface area contributed by atoms with Crippen molar-refractivity contribution in [2.75, 3.05) is 12.0 Å². The molecule has 0 atom stereocenters. The van der Waals surface area contributed by atoms with E-state index in [1.807, 2.05) is 37.3 Å². The number of barbiturate groups is 1. The quantitative estimate of drug-likeness (QED) is 0.345. The van der Waals surface area contributed by atoms with Gasteiger partial charge in [-0.1, -0.05) is 53.5 Å². The number of carbonyl (C=O) groups is 3. The van der Waals surface area contributed by atoms with E-state index in [9.17, 15) is 14.4 Å². The van der Waals surface area contributed by atoms with Gasteiger partial charge >= 0.3 is 6.03 Å². The summed E-state index contributed by atoms with van der Waals surface area (Å²) in [6.45, 7) is 3.65. The van der Waals surface area contributed by atoms with Gasteiger partial charge in [-0.25, -0.2) is 9.69 Å². The predicted molar refractivity (Wildman–Crippen MR) is 137 cm³/mol. The third-order valence-electron chi connectivity index (χ3n) is 5.74. The first-order chi connectivity index (χ1) is 16.7. The Kier molecular flexibility index (Phi) is 6.96. The maximum absolute atomic E-state index is 13.3. The van der Waals surface area contributed by atoms with E-state index in [-0.39, 0.29) is 5.57 Å². The van der Waals surface area contributed by atoms with Gasteiger partial charge in [-0.15, -0.1) is 0 Å². The summed E-state index contributed by atoms with van der Waals surface area (Å²) in [6.07, 6.45) is 1.84. The van der Waals surface area contributed by atoms with Crippen molar-refractivity contribution in [1.29, 1.82) is 0 Å². The Morgan fingerprint density at radius 2 is 1.71 bits per heavy atom. The summed E-state index contributed by atoms with van der Waals surface area (Å²) in [5.74, 6) is -1.02. The number of methoxy groups -OCH3 is 1. The number of benzene rings is 3. The van der Waals surface area contributed by atoms with Crippen molar-refractivity contribution in [3.05, 3.63) is 98.0 Å². The molecule has 1 aliphatic heterocycles. The topological polar surface area (TPSA) is 75.7 Å². The SMILES string of the molecule is COc1cc(/C=C2\C(=O)NC(=O)N(c3cc(C)ccc3C)C2=O)cc(Cl)c1Cc1ccccc1Cl. The molecule has 1 N–H and O–H groups in total. The Labute approximate surface area is 213 Å². The van der Waals surface area contributed by atoms with Crippen molar-refractivity contribution in [3.63, 3.8) is 0 Å². The van der Waals surface area contributed by atoms with Crippen LogP contribution in [0, 0.1) is 13.8 Å². The molecular weight excluding hydrogens is 487 g/mol. The molecule has 0 unspecified atom stereocenters. The van der Waals surface area contributed by atoms with E-state index in [2.05, 4.69) is 5.32 Å². The van der Waals surface area contributed by atoms with E-state index in [0.717, 1.165) is 27.2 Å². The first kappa shape index (κ1) is 24.5. The van der Waals surface area contributed by atoms with Crippen molar-refractivity contribution >= 4 is 52.8 Å². The molecular formula is C27H22Cl2N2O4. The number of anilines is 1. The van der Waals surface area contributed by atoms with Gasteiger partial charge in [0, 0.05) is 22.0 Å². The van der Waals surface area contributed by atoms with Gasteiger partial charge in [0.15, 0.2) is 0 Å². The molecule has 3 aromatic rings. The van der Waals surface area contributed by atoms with Gasteiger partial charge in [0.2, 0.25) is 0 Å². The van der Waals surface area contributed by atoms with Crippen molar-refractivity contribution in [3.8, 4) is 5.75 Å². The van der Waals surface area contributed by atoms with Crippen LogP contribution in [0.4, 0.5) is 10.5 Å². The van der Waals surface area contributed by atoms with Crippen LogP contribution in [-0.2, 0) is 16.0 Å². The van der Waals surface area contributed by atoms with E-state index in [4.69, 9.17) is 27.9 Å². The standard InChI is InChI=1S/C27H22Cl2N2O4/c1-15-8-9-16(2)23(10-15)31-26(33)20(25(32)30-27(31)34)11-17-12-22(29)19(24(13-17)35-3)14-18-6-4-5-7-21(18)28/h4-13H,14H2,1-3H3,(H,30,32,34)/b20-11+. The summed E-state index contributed by atoms with van der Waals surface area (Å²) in [5.41, 5.74) is 3.89. The van der Waals surface area contributed by atoms with Crippen LogP contribution in [0.3, 0.4) is 0 Å². The lowest BCUT2D eigenvalue weighted by Crippen LogP contribution is -2.54. The molecule has 0 aliphatic carbocycles. The molecule has 0 spiro atoms. The smallest absolute Gasteiger partial charge is 0.335 e. The first-order valence-electron chi connectivity index (χ1n) is 10.8. The summed E-state index contributed by atoms with van der Waals surface area (Å²) in [7, 11) is 1.51. The number of halogens is 2. The molecule has 35 heavy (non-hydrogen) atoms. The van der Waals surface area contributed by atoms with Gasteiger partial charge in [-0.3, -0.25) is 14.9 Å². The van der Waals surface area contributed by atoms with Crippen LogP contribution in [0.2, 0.25) is 10.0 Å². The van der Waals surface area contributed by atoms with Crippen LogP contribution in [-0.4, -0.2) is 25.0 Å². The van der Waals surface area contributed by atoms with Crippen molar-refractivity contribution in [2.45, 2.75) is 20.3 Å². The van der Waals surface area contributed by atoms with E-state index >= 15 is 0 Å². The minimum atomic E-state index is -0.795. The van der Waals surface area contributed by atoms with Crippen molar-refractivity contribution in [1.82, 2.24) is 5.32 Å². The number of urea groups is 1. The molecule has 0 bridgehead atoms. The number of hydrogen-bond donors (Lipinski definition) is 1. The highest BCUT2D eigenvalue weighted by atomic mass is 35.5. The molecule has 8 heteroatoms. The van der Waals surface area contributed by atoms with E-state index in [1.54, 1.807) is 31.2 Å². The number of imide groups is 2. The lowest BCUT2D eigenvalue weighted by Gasteiger charge is -2.28. The van der Waals surface area contributed by atoms with Crippen LogP contribution in [0.15, 0.2) is 60.2 Å². The number of nitrogens with one attached hydrogen (secondary N) is 1. The molecule has 1 heterocycles. The minimum absolute atomic E-state index is 0.192. The second-order valence-corrected chi connectivity index (χ2v) is 9.01. The highest BCUT2D eigenvalue weighted by Crippen LogP contribution is 2.34. The van der Waals surface area contributed by atoms with E-state index in [1.165, 1.54) is 13.2 Å².